The van der Waals surface area contributed by atoms with Gasteiger partial charge in [0, 0.05) is 6.54 Å². The molecule has 1 aliphatic rings. The molecule has 1 unspecified atom stereocenters. The SMILES string of the molecule is Cc1nc(C(C)O)n(CC2CC2)n1. The number of rotatable bonds is 3. The molecule has 0 saturated heterocycles. The molecule has 0 bridgehead atoms. The lowest BCUT2D eigenvalue weighted by molar-refractivity contribution is 0.181. The van der Waals surface area contributed by atoms with E-state index in [0.29, 0.717) is 5.82 Å². The van der Waals surface area contributed by atoms with Crippen LogP contribution in [0.4, 0.5) is 0 Å². The van der Waals surface area contributed by atoms with Crippen LogP contribution in [0.2, 0.25) is 0 Å². The standard InChI is InChI=1S/C9H15N3O/c1-6(13)9-10-7(2)11-12(9)5-8-3-4-8/h6,8,13H,3-5H2,1-2H3. The molecule has 1 aromatic rings. The van der Waals surface area contributed by atoms with E-state index in [1.165, 1.54) is 12.8 Å². The second kappa shape index (κ2) is 3.10. The summed E-state index contributed by atoms with van der Waals surface area (Å²) in [6.45, 7) is 4.50. The van der Waals surface area contributed by atoms with Gasteiger partial charge in [0.05, 0.1) is 0 Å². The Bertz CT molecular complexity index is 302. The van der Waals surface area contributed by atoms with Crippen LogP contribution in [0.15, 0.2) is 0 Å². The Morgan fingerprint density at radius 3 is 2.85 bits per heavy atom. The Morgan fingerprint density at radius 2 is 2.31 bits per heavy atom. The van der Waals surface area contributed by atoms with Crippen molar-refractivity contribution in [2.75, 3.05) is 0 Å². The lowest BCUT2D eigenvalue weighted by atomic mass is 10.3. The molecule has 4 heteroatoms. The minimum absolute atomic E-state index is 0.514. The fourth-order valence-electron chi connectivity index (χ4n) is 1.46. The topological polar surface area (TPSA) is 50.9 Å². The van der Waals surface area contributed by atoms with Gasteiger partial charge < -0.3 is 5.11 Å². The van der Waals surface area contributed by atoms with Crippen LogP contribution in [-0.2, 0) is 6.54 Å². The minimum atomic E-state index is -0.514. The molecular weight excluding hydrogens is 166 g/mol. The van der Waals surface area contributed by atoms with Crippen LogP contribution >= 0.6 is 0 Å². The number of aryl methyl sites for hydroxylation is 1. The van der Waals surface area contributed by atoms with Crippen molar-refractivity contribution in [3.8, 4) is 0 Å². The number of aromatic nitrogens is 3. The Labute approximate surface area is 77.6 Å². The van der Waals surface area contributed by atoms with Crippen LogP contribution in [0, 0.1) is 12.8 Å². The lowest BCUT2D eigenvalue weighted by Gasteiger charge is -2.05. The number of nitrogens with zero attached hydrogens (tertiary/aromatic N) is 3. The monoisotopic (exact) mass is 181 g/mol. The normalized spacial score (nSPS) is 19.0. The molecule has 72 valence electrons. The van der Waals surface area contributed by atoms with E-state index in [1.54, 1.807) is 6.92 Å². The fraction of sp³-hybridized carbons (Fsp3) is 0.778. The van der Waals surface area contributed by atoms with E-state index < -0.39 is 6.10 Å². The zero-order chi connectivity index (χ0) is 9.42. The van der Waals surface area contributed by atoms with Crippen molar-refractivity contribution in [1.82, 2.24) is 14.8 Å². The molecule has 0 radical (unpaired) electrons. The average Bonchev–Trinajstić information content (AvgIpc) is 2.75. The van der Waals surface area contributed by atoms with Gasteiger partial charge in [-0.3, -0.25) is 0 Å². The maximum atomic E-state index is 9.43. The van der Waals surface area contributed by atoms with Crippen molar-refractivity contribution in [1.29, 1.82) is 0 Å². The first-order chi connectivity index (χ1) is 6.16. The van der Waals surface area contributed by atoms with E-state index in [2.05, 4.69) is 10.1 Å². The molecule has 2 rings (SSSR count). The van der Waals surface area contributed by atoms with Crippen LogP contribution in [0.25, 0.3) is 0 Å². The maximum absolute atomic E-state index is 9.43. The highest BCUT2D eigenvalue weighted by Crippen LogP contribution is 2.31. The summed E-state index contributed by atoms with van der Waals surface area (Å²) in [6.07, 6.45) is 2.07. The van der Waals surface area contributed by atoms with Gasteiger partial charge in [0.2, 0.25) is 0 Å². The van der Waals surface area contributed by atoms with Crippen LogP contribution in [0.3, 0.4) is 0 Å². The molecule has 1 heterocycles. The summed E-state index contributed by atoms with van der Waals surface area (Å²) in [5, 5.41) is 13.7. The third kappa shape index (κ3) is 1.88. The molecule has 1 aliphatic carbocycles. The van der Waals surface area contributed by atoms with Crippen molar-refractivity contribution >= 4 is 0 Å². The van der Waals surface area contributed by atoms with Gasteiger partial charge in [-0.05, 0) is 32.6 Å². The maximum Gasteiger partial charge on any atom is 0.155 e. The first-order valence-corrected chi connectivity index (χ1v) is 4.76. The van der Waals surface area contributed by atoms with Crippen molar-refractivity contribution in [3.63, 3.8) is 0 Å². The quantitative estimate of drug-likeness (QED) is 0.758. The van der Waals surface area contributed by atoms with E-state index in [9.17, 15) is 5.11 Å². The summed E-state index contributed by atoms with van der Waals surface area (Å²) in [6, 6.07) is 0. The average molecular weight is 181 g/mol. The minimum Gasteiger partial charge on any atom is -0.385 e. The van der Waals surface area contributed by atoms with Crippen molar-refractivity contribution in [2.45, 2.75) is 39.3 Å². The van der Waals surface area contributed by atoms with Crippen molar-refractivity contribution in [3.05, 3.63) is 11.6 Å². The highest BCUT2D eigenvalue weighted by atomic mass is 16.3. The molecule has 1 atom stereocenters. The molecule has 0 aromatic carbocycles. The molecule has 1 fully saturated rings. The summed E-state index contributed by atoms with van der Waals surface area (Å²) < 4.78 is 1.84. The lowest BCUT2D eigenvalue weighted by Crippen LogP contribution is -2.09. The molecule has 0 aliphatic heterocycles. The van der Waals surface area contributed by atoms with Gasteiger partial charge in [0.1, 0.15) is 11.9 Å². The third-order valence-electron chi connectivity index (χ3n) is 2.31. The highest BCUT2D eigenvalue weighted by Gasteiger charge is 2.24. The summed E-state index contributed by atoms with van der Waals surface area (Å²) in [5.41, 5.74) is 0. The smallest absolute Gasteiger partial charge is 0.155 e. The van der Waals surface area contributed by atoms with Crippen LogP contribution < -0.4 is 0 Å². The number of aliphatic hydroxyl groups excluding tert-OH is 1. The summed E-state index contributed by atoms with van der Waals surface area (Å²) in [5.74, 6) is 2.21. The Balaban J connectivity index is 2.19. The Hall–Kier alpha value is -0.900. The molecule has 1 aromatic heterocycles. The Morgan fingerprint density at radius 1 is 1.62 bits per heavy atom. The van der Waals surface area contributed by atoms with E-state index in [1.807, 2.05) is 11.6 Å². The van der Waals surface area contributed by atoms with Gasteiger partial charge in [-0.15, -0.1) is 0 Å². The molecule has 0 amide bonds. The van der Waals surface area contributed by atoms with Gasteiger partial charge in [0.15, 0.2) is 5.82 Å². The summed E-state index contributed by atoms with van der Waals surface area (Å²) in [7, 11) is 0. The first kappa shape index (κ1) is 8.69. The molecule has 4 nitrogen and oxygen atoms in total. The van der Waals surface area contributed by atoms with Crippen LogP contribution in [-0.4, -0.2) is 19.9 Å². The molecule has 0 spiro atoms. The highest BCUT2D eigenvalue weighted by molar-refractivity contribution is 4.95. The zero-order valence-electron chi connectivity index (χ0n) is 8.06. The second-order valence-corrected chi connectivity index (χ2v) is 3.82. The van der Waals surface area contributed by atoms with Crippen LogP contribution in [0.5, 0.6) is 0 Å². The predicted octanol–water partition coefficient (Wildman–Crippen LogP) is 1.05. The molecule has 1 N–H and O–H groups in total. The van der Waals surface area contributed by atoms with Crippen LogP contribution in [0.1, 0.15) is 37.5 Å². The Kier molecular flexibility index (Phi) is 2.07. The first-order valence-electron chi connectivity index (χ1n) is 4.76. The van der Waals surface area contributed by atoms with Crippen molar-refractivity contribution < 1.29 is 5.11 Å². The molecule has 1 saturated carbocycles. The van der Waals surface area contributed by atoms with E-state index in [0.717, 1.165) is 18.3 Å². The molecule has 13 heavy (non-hydrogen) atoms. The zero-order valence-corrected chi connectivity index (χ0v) is 8.06. The number of hydrogen-bond acceptors (Lipinski definition) is 3. The van der Waals surface area contributed by atoms with Gasteiger partial charge in [0.25, 0.3) is 0 Å². The van der Waals surface area contributed by atoms with E-state index in [4.69, 9.17) is 0 Å². The van der Waals surface area contributed by atoms with E-state index in [-0.39, 0.29) is 0 Å². The van der Waals surface area contributed by atoms with Gasteiger partial charge in [-0.25, -0.2) is 9.67 Å². The predicted molar refractivity (Wildman–Crippen MR) is 48.1 cm³/mol. The number of aliphatic hydroxyl groups is 1. The van der Waals surface area contributed by atoms with Gasteiger partial charge in [-0.1, -0.05) is 0 Å². The summed E-state index contributed by atoms with van der Waals surface area (Å²) >= 11 is 0. The van der Waals surface area contributed by atoms with E-state index >= 15 is 0 Å². The van der Waals surface area contributed by atoms with Gasteiger partial charge in [-0.2, -0.15) is 5.10 Å². The fourth-order valence-corrected chi connectivity index (χ4v) is 1.46. The largest absolute Gasteiger partial charge is 0.385 e. The second-order valence-electron chi connectivity index (χ2n) is 3.82. The third-order valence-corrected chi connectivity index (χ3v) is 2.31. The molecular formula is C9H15N3O. The number of hydrogen-bond donors (Lipinski definition) is 1. The van der Waals surface area contributed by atoms with Gasteiger partial charge >= 0.3 is 0 Å². The summed E-state index contributed by atoms with van der Waals surface area (Å²) in [4.78, 5) is 4.19. The van der Waals surface area contributed by atoms with Crippen molar-refractivity contribution in [2.24, 2.45) is 5.92 Å².